The second kappa shape index (κ2) is 3.56. The van der Waals surface area contributed by atoms with Crippen LogP contribution in [-0.2, 0) is 0 Å². The van der Waals surface area contributed by atoms with E-state index in [1.165, 1.54) is 0 Å². The van der Waals surface area contributed by atoms with Crippen LogP contribution in [0.25, 0.3) is 0 Å². The molecule has 1 fully saturated rings. The predicted molar refractivity (Wildman–Crippen MR) is 50.3 cm³/mol. The third-order valence-electron chi connectivity index (χ3n) is 2.23. The van der Waals surface area contributed by atoms with Gasteiger partial charge in [0, 0.05) is 18.1 Å². The molecule has 80 valence electrons. The Kier molecular flexibility index (Phi) is 2.38. The molecule has 0 aromatic heterocycles. The molecule has 2 nitrogen and oxygen atoms in total. The highest BCUT2D eigenvalue weighted by Gasteiger charge is 2.25. The number of amidine groups is 1. The van der Waals surface area contributed by atoms with Gasteiger partial charge in [-0.1, -0.05) is 0 Å². The normalized spacial score (nSPS) is 16.9. The van der Waals surface area contributed by atoms with Gasteiger partial charge in [0.15, 0.2) is 17.5 Å². The lowest BCUT2D eigenvalue weighted by Crippen LogP contribution is -2.13. The topological polar surface area (TPSA) is 38.4 Å². The molecule has 0 amide bonds. The second-order valence-electron chi connectivity index (χ2n) is 3.53. The van der Waals surface area contributed by atoms with Gasteiger partial charge in [-0.15, -0.1) is 0 Å². The van der Waals surface area contributed by atoms with Crippen LogP contribution in [0.3, 0.4) is 0 Å². The van der Waals surface area contributed by atoms with Crippen LogP contribution in [0.4, 0.5) is 18.9 Å². The molecule has 15 heavy (non-hydrogen) atoms. The molecule has 1 aromatic rings. The van der Waals surface area contributed by atoms with Crippen LogP contribution < -0.4 is 5.73 Å². The zero-order valence-corrected chi connectivity index (χ0v) is 7.80. The molecule has 0 heterocycles. The summed E-state index contributed by atoms with van der Waals surface area (Å²) >= 11 is 0. The maximum absolute atomic E-state index is 13.1. The number of nitrogens with two attached hydrogens (primary N) is 1. The SMILES string of the molecule is NC(=Nc1cc(F)c(F)cc1F)C1CC1. The van der Waals surface area contributed by atoms with Crippen LogP contribution in [0.5, 0.6) is 0 Å². The number of rotatable bonds is 2. The van der Waals surface area contributed by atoms with Crippen LogP contribution in [-0.4, -0.2) is 5.84 Å². The summed E-state index contributed by atoms with van der Waals surface area (Å²) in [6.45, 7) is 0. The van der Waals surface area contributed by atoms with Crippen LogP contribution in [0.2, 0.25) is 0 Å². The molecule has 1 aliphatic carbocycles. The quantitative estimate of drug-likeness (QED) is 0.458. The monoisotopic (exact) mass is 214 g/mol. The van der Waals surface area contributed by atoms with Gasteiger partial charge in [0.05, 0.1) is 0 Å². The molecule has 2 rings (SSSR count). The molecule has 0 unspecified atom stereocenters. The Hall–Kier alpha value is -1.52. The van der Waals surface area contributed by atoms with Crippen molar-refractivity contribution >= 4 is 11.5 Å². The zero-order chi connectivity index (χ0) is 11.0. The van der Waals surface area contributed by atoms with Crippen molar-refractivity contribution in [2.75, 3.05) is 0 Å². The van der Waals surface area contributed by atoms with E-state index in [4.69, 9.17) is 5.73 Å². The van der Waals surface area contributed by atoms with E-state index < -0.39 is 17.5 Å². The predicted octanol–water partition coefficient (Wildman–Crippen LogP) is 2.50. The number of benzene rings is 1. The fourth-order valence-corrected chi connectivity index (χ4v) is 1.21. The molecule has 0 radical (unpaired) electrons. The van der Waals surface area contributed by atoms with Crippen molar-refractivity contribution < 1.29 is 13.2 Å². The van der Waals surface area contributed by atoms with E-state index in [2.05, 4.69) is 4.99 Å². The molecule has 5 heteroatoms. The fourth-order valence-electron chi connectivity index (χ4n) is 1.21. The van der Waals surface area contributed by atoms with Crippen molar-refractivity contribution in [3.8, 4) is 0 Å². The van der Waals surface area contributed by atoms with Gasteiger partial charge < -0.3 is 5.73 Å². The van der Waals surface area contributed by atoms with Gasteiger partial charge in [-0.3, -0.25) is 0 Å². The first-order valence-corrected chi connectivity index (χ1v) is 4.56. The molecular weight excluding hydrogens is 205 g/mol. The maximum atomic E-state index is 13.1. The minimum atomic E-state index is -1.23. The van der Waals surface area contributed by atoms with Crippen molar-refractivity contribution in [3.63, 3.8) is 0 Å². The van der Waals surface area contributed by atoms with Crippen LogP contribution in [0, 0.1) is 23.4 Å². The van der Waals surface area contributed by atoms with E-state index in [0.717, 1.165) is 12.8 Å². The van der Waals surface area contributed by atoms with Crippen molar-refractivity contribution in [3.05, 3.63) is 29.6 Å². The third-order valence-corrected chi connectivity index (χ3v) is 2.23. The van der Waals surface area contributed by atoms with Crippen LogP contribution >= 0.6 is 0 Å². The number of aliphatic imine (C=N–C) groups is 1. The van der Waals surface area contributed by atoms with Gasteiger partial charge in [-0.2, -0.15) is 0 Å². The summed E-state index contributed by atoms with van der Waals surface area (Å²) in [4.78, 5) is 3.74. The van der Waals surface area contributed by atoms with Crippen molar-refractivity contribution in [2.45, 2.75) is 12.8 Å². The average molecular weight is 214 g/mol. The lowest BCUT2D eigenvalue weighted by atomic mass is 10.3. The van der Waals surface area contributed by atoms with Gasteiger partial charge in [0.1, 0.15) is 11.5 Å². The number of hydrogen-bond acceptors (Lipinski definition) is 1. The summed E-state index contributed by atoms with van der Waals surface area (Å²) in [7, 11) is 0. The highest BCUT2D eigenvalue weighted by molar-refractivity contribution is 5.87. The van der Waals surface area contributed by atoms with Gasteiger partial charge in [0.2, 0.25) is 0 Å². The van der Waals surface area contributed by atoms with Crippen molar-refractivity contribution in [2.24, 2.45) is 16.6 Å². The first-order valence-electron chi connectivity index (χ1n) is 4.56. The Labute approximate surface area is 84.6 Å². The Bertz CT molecular complexity index is 425. The van der Waals surface area contributed by atoms with Gasteiger partial charge in [-0.25, -0.2) is 18.2 Å². The molecule has 0 spiro atoms. The minimum absolute atomic E-state index is 0.164. The van der Waals surface area contributed by atoms with Crippen LogP contribution in [0.1, 0.15) is 12.8 Å². The molecule has 1 aromatic carbocycles. The summed E-state index contributed by atoms with van der Waals surface area (Å²) < 4.78 is 38.5. The Morgan fingerprint density at radius 2 is 1.73 bits per heavy atom. The van der Waals surface area contributed by atoms with Crippen molar-refractivity contribution in [1.82, 2.24) is 0 Å². The maximum Gasteiger partial charge on any atom is 0.161 e. The van der Waals surface area contributed by atoms with E-state index in [1.807, 2.05) is 0 Å². The first kappa shape index (κ1) is 10.0. The second-order valence-corrected chi connectivity index (χ2v) is 3.53. The molecule has 1 saturated carbocycles. The van der Waals surface area contributed by atoms with E-state index in [1.54, 1.807) is 0 Å². The lowest BCUT2D eigenvalue weighted by molar-refractivity contribution is 0.496. The highest BCUT2D eigenvalue weighted by Crippen LogP contribution is 2.31. The lowest BCUT2D eigenvalue weighted by Gasteiger charge is -2.00. The molecule has 0 aliphatic heterocycles. The molecule has 0 saturated heterocycles. The fraction of sp³-hybridized carbons (Fsp3) is 0.300. The number of halogens is 3. The highest BCUT2D eigenvalue weighted by atomic mass is 19.2. The van der Waals surface area contributed by atoms with E-state index in [-0.39, 0.29) is 17.4 Å². The number of hydrogen-bond donors (Lipinski definition) is 1. The molecule has 0 bridgehead atoms. The van der Waals surface area contributed by atoms with E-state index in [9.17, 15) is 13.2 Å². The standard InChI is InChI=1S/C10H9F3N2/c11-6-3-8(13)9(4-7(6)12)15-10(14)5-1-2-5/h3-5H,1-2H2,(H2,14,15). The number of nitrogens with zero attached hydrogens (tertiary/aromatic N) is 1. The average Bonchev–Trinajstić information content (AvgIpc) is 2.97. The zero-order valence-electron chi connectivity index (χ0n) is 7.80. The van der Waals surface area contributed by atoms with E-state index in [0.29, 0.717) is 12.1 Å². The smallest absolute Gasteiger partial charge is 0.161 e. The molecular formula is C10H9F3N2. The van der Waals surface area contributed by atoms with Gasteiger partial charge >= 0.3 is 0 Å². The summed E-state index contributed by atoms with van der Waals surface area (Å²) in [6.07, 6.45) is 1.83. The van der Waals surface area contributed by atoms with E-state index >= 15 is 0 Å². The summed E-state index contributed by atoms with van der Waals surface area (Å²) in [5.74, 6) is -2.81. The summed E-state index contributed by atoms with van der Waals surface area (Å²) in [5, 5.41) is 0. The third kappa shape index (κ3) is 2.11. The Morgan fingerprint density at radius 3 is 2.33 bits per heavy atom. The molecule has 1 aliphatic rings. The molecule has 0 atom stereocenters. The summed E-state index contributed by atoms with van der Waals surface area (Å²) in [5.41, 5.74) is 5.28. The summed E-state index contributed by atoms with van der Waals surface area (Å²) in [6, 6.07) is 1.17. The Morgan fingerprint density at radius 1 is 1.13 bits per heavy atom. The Balaban J connectivity index is 2.35. The largest absolute Gasteiger partial charge is 0.387 e. The van der Waals surface area contributed by atoms with Crippen molar-refractivity contribution in [1.29, 1.82) is 0 Å². The van der Waals surface area contributed by atoms with Gasteiger partial charge in [0.25, 0.3) is 0 Å². The first-order chi connectivity index (χ1) is 7.08. The van der Waals surface area contributed by atoms with Crippen LogP contribution in [0.15, 0.2) is 17.1 Å². The molecule has 2 N–H and O–H groups in total. The minimum Gasteiger partial charge on any atom is -0.387 e. The van der Waals surface area contributed by atoms with Gasteiger partial charge in [-0.05, 0) is 12.8 Å².